The number of carbonyl (C=O) groups is 1. The highest BCUT2D eigenvalue weighted by molar-refractivity contribution is 5.82. The minimum atomic E-state index is -0.660. The number of esters is 1. The van der Waals surface area contributed by atoms with Crippen molar-refractivity contribution in [1.82, 2.24) is 0 Å². The van der Waals surface area contributed by atoms with Crippen LogP contribution in [0.5, 0.6) is 0 Å². The molecule has 0 radical (unpaired) electrons. The molecule has 1 fully saturated rings. The first-order valence-corrected chi connectivity index (χ1v) is 6.67. The van der Waals surface area contributed by atoms with E-state index in [1.165, 1.54) is 7.11 Å². The highest BCUT2D eigenvalue weighted by Gasteiger charge is 2.65. The van der Waals surface area contributed by atoms with E-state index in [2.05, 4.69) is 0 Å². The average molecular weight is 258 g/mol. The van der Waals surface area contributed by atoms with Crippen LogP contribution in [0.15, 0.2) is 42.2 Å². The van der Waals surface area contributed by atoms with E-state index in [1.54, 1.807) is 0 Å². The number of allylic oxidation sites excluding steroid dienone is 1. The van der Waals surface area contributed by atoms with Crippen LogP contribution in [-0.2, 0) is 19.9 Å². The predicted octanol–water partition coefficient (Wildman–Crippen LogP) is 3.16. The third-order valence-electron chi connectivity index (χ3n) is 4.40. The molecule has 0 spiro atoms. The van der Waals surface area contributed by atoms with Crippen LogP contribution >= 0.6 is 0 Å². The summed E-state index contributed by atoms with van der Waals surface area (Å²) < 4.78 is 11.2. The summed E-state index contributed by atoms with van der Waals surface area (Å²) in [5, 5.41) is 0. The molecule has 0 amide bonds. The number of hydrogen-bond donors (Lipinski definition) is 0. The Bertz CT molecular complexity index is 534. The fourth-order valence-corrected chi connectivity index (χ4v) is 3.70. The number of carbonyl (C=O) groups excluding carboxylic acids is 1. The summed E-state index contributed by atoms with van der Waals surface area (Å²) in [6.45, 7) is 1.91. The molecule has 1 heterocycles. The molecule has 1 aromatic carbocycles. The molecule has 0 bridgehead atoms. The van der Waals surface area contributed by atoms with Crippen LogP contribution in [0, 0.1) is 5.41 Å². The van der Waals surface area contributed by atoms with Gasteiger partial charge in [-0.2, -0.15) is 0 Å². The quantitative estimate of drug-likeness (QED) is 0.764. The fraction of sp³-hybridized carbons (Fsp3) is 0.438. The summed E-state index contributed by atoms with van der Waals surface area (Å²) >= 11 is 0. The van der Waals surface area contributed by atoms with Gasteiger partial charge in [-0.3, -0.25) is 4.79 Å². The molecular weight excluding hydrogens is 240 g/mol. The number of ether oxygens (including phenoxy) is 2. The van der Waals surface area contributed by atoms with Crippen LogP contribution in [0.4, 0.5) is 0 Å². The fourth-order valence-electron chi connectivity index (χ4n) is 3.70. The largest absolute Gasteiger partial charge is 0.486 e. The van der Waals surface area contributed by atoms with Gasteiger partial charge >= 0.3 is 5.97 Å². The molecule has 1 aliphatic heterocycles. The standard InChI is InChI=1S/C16H18O3/c1-12-11-15(14(17)18-2)9-6-10-16(15,19-12)13-7-4-3-5-8-13/h3-5,7-8,11H,6,9-10H2,1-2H3/t15-,16+/m1/s1. The van der Waals surface area contributed by atoms with Gasteiger partial charge in [-0.25, -0.2) is 0 Å². The molecule has 1 aromatic rings. The van der Waals surface area contributed by atoms with E-state index < -0.39 is 11.0 Å². The van der Waals surface area contributed by atoms with Crippen LogP contribution in [-0.4, -0.2) is 13.1 Å². The van der Waals surface area contributed by atoms with E-state index in [9.17, 15) is 4.79 Å². The lowest BCUT2D eigenvalue weighted by Gasteiger charge is -2.37. The normalized spacial score (nSPS) is 32.4. The lowest BCUT2D eigenvalue weighted by Crippen LogP contribution is -2.44. The molecule has 3 rings (SSSR count). The number of benzene rings is 1. The zero-order chi connectivity index (χ0) is 13.5. The zero-order valence-electron chi connectivity index (χ0n) is 11.3. The van der Waals surface area contributed by atoms with E-state index in [0.717, 1.165) is 30.6 Å². The molecule has 3 nitrogen and oxygen atoms in total. The maximum atomic E-state index is 12.4. The van der Waals surface area contributed by atoms with Crippen LogP contribution in [0.3, 0.4) is 0 Å². The Balaban J connectivity index is 2.17. The maximum absolute atomic E-state index is 12.4. The lowest BCUT2D eigenvalue weighted by molar-refractivity contribution is -0.161. The summed E-state index contributed by atoms with van der Waals surface area (Å²) in [4.78, 5) is 12.4. The van der Waals surface area contributed by atoms with Crippen molar-refractivity contribution in [2.45, 2.75) is 31.8 Å². The third-order valence-corrected chi connectivity index (χ3v) is 4.40. The molecule has 0 aromatic heterocycles. The molecule has 1 aliphatic carbocycles. The Morgan fingerprint density at radius 2 is 2.00 bits per heavy atom. The van der Waals surface area contributed by atoms with Crippen molar-refractivity contribution in [3.05, 3.63) is 47.7 Å². The topological polar surface area (TPSA) is 35.5 Å². The first-order chi connectivity index (χ1) is 9.14. The van der Waals surface area contributed by atoms with Crippen molar-refractivity contribution in [3.8, 4) is 0 Å². The summed E-state index contributed by atoms with van der Waals surface area (Å²) in [5.74, 6) is 0.625. The van der Waals surface area contributed by atoms with Crippen molar-refractivity contribution < 1.29 is 14.3 Å². The second-order valence-electron chi connectivity index (χ2n) is 5.37. The second kappa shape index (κ2) is 4.12. The molecule has 19 heavy (non-hydrogen) atoms. The monoisotopic (exact) mass is 258 g/mol. The SMILES string of the molecule is COC(=O)[C@@]12C=C(C)O[C@]1(c1ccccc1)CCC2. The molecule has 0 unspecified atom stereocenters. The predicted molar refractivity (Wildman–Crippen MR) is 71.3 cm³/mol. The minimum Gasteiger partial charge on any atom is -0.486 e. The van der Waals surface area contributed by atoms with Gasteiger partial charge in [0.2, 0.25) is 0 Å². The van der Waals surface area contributed by atoms with Gasteiger partial charge in [-0.1, -0.05) is 30.3 Å². The van der Waals surface area contributed by atoms with Crippen molar-refractivity contribution >= 4 is 5.97 Å². The van der Waals surface area contributed by atoms with Crippen molar-refractivity contribution in [1.29, 1.82) is 0 Å². The molecule has 3 heteroatoms. The smallest absolute Gasteiger partial charge is 0.320 e. The molecule has 100 valence electrons. The van der Waals surface area contributed by atoms with Crippen LogP contribution in [0.25, 0.3) is 0 Å². The second-order valence-corrected chi connectivity index (χ2v) is 5.37. The van der Waals surface area contributed by atoms with Crippen LogP contribution in [0.1, 0.15) is 31.7 Å². The average Bonchev–Trinajstić information content (AvgIpc) is 2.91. The Morgan fingerprint density at radius 1 is 1.26 bits per heavy atom. The lowest BCUT2D eigenvalue weighted by atomic mass is 9.71. The van der Waals surface area contributed by atoms with Gasteiger partial charge in [0.15, 0.2) is 5.60 Å². The third kappa shape index (κ3) is 1.47. The molecular formula is C16H18O3. The highest BCUT2D eigenvalue weighted by Crippen LogP contribution is 2.61. The number of rotatable bonds is 2. The first-order valence-electron chi connectivity index (χ1n) is 6.67. The van der Waals surface area contributed by atoms with Gasteiger partial charge in [0.1, 0.15) is 5.41 Å². The Morgan fingerprint density at radius 3 is 2.68 bits per heavy atom. The van der Waals surface area contributed by atoms with Gasteiger partial charge < -0.3 is 9.47 Å². The number of fused-ring (bicyclic) bond motifs is 1. The van der Waals surface area contributed by atoms with E-state index in [-0.39, 0.29) is 5.97 Å². The Kier molecular flexibility index (Phi) is 2.66. The van der Waals surface area contributed by atoms with Crippen molar-refractivity contribution in [2.75, 3.05) is 7.11 Å². The number of methoxy groups -OCH3 is 1. The maximum Gasteiger partial charge on any atom is 0.320 e. The van der Waals surface area contributed by atoms with E-state index in [4.69, 9.17) is 9.47 Å². The van der Waals surface area contributed by atoms with Gasteiger partial charge in [0.25, 0.3) is 0 Å². The van der Waals surface area contributed by atoms with E-state index in [0.29, 0.717) is 0 Å². The summed E-state index contributed by atoms with van der Waals surface area (Å²) in [6, 6.07) is 10.0. The molecule has 2 atom stereocenters. The van der Waals surface area contributed by atoms with Gasteiger partial charge in [0, 0.05) is 0 Å². The summed E-state index contributed by atoms with van der Waals surface area (Å²) in [6.07, 6.45) is 4.55. The summed E-state index contributed by atoms with van der Waals surface area (Å²) in [7, 11) is 1.45. The van der Waals surface area contributed by atoms with Gasteiger partial charge in [-0.15, -0.1) is 0 Å². The molecule has 2 aliphatic rings. The van der Waals surface area contributed by atoms with Crippen molar-refractivity contribution in [3.63, 3.8) is 0 Å². The van der Waals surface area contributed by atoms with Gasteiger partial charge in [0.05, 0.1) is 12.9 Å². The highest BCUT2D eigenvalue weighted by atomic mass is 16.5. The minimum absolute atomic E-state index is 0.189. The van der Waals surface area contributed by atoms with Crippen molar-refractivity contribution in [2.24, 2.45) is 5.41 Å². The molecule has 1 saturated carbocycles. The Labute approximate surface area is 113 Å². The van der Waals surface area contributed by atoms with Crippen LogP contribution < -0.4 is 0 Å². The molecule has 0 N–H and O–H groups in total. The Hall–Kier alpha value is -1.77. The van der Waals surface area contributed by atoms with E-state index in [1.807, 2.05) is 43.3 Å². The number of hydrogen-bond acceptors (Lipinski definition) is 3. The summed E-state index contributed by atoms with van der Waals surface area (Å²) in [5.41, 5.74) is -0.176. The zero-order valence-corrected chi connectivity index (χ0v) is 11.3. The molecule has 0 saturated heterocycles. The van der Waals surface area contributed by atoms with Crippen LogP contribution in [0.2, 0.25) is 0 Å². The first kappa shape index (κ1) is 12.3. The van der Waals surface area contributed by atoms with Gasteiger partial charge in [-0.05, 0) is 37.8 Å². The van der Waals surface area contributed by atoms with E-state index >= 15 is 0 Å².